The quantitative estimate of drug-likeness (QED) is 0.140. The van der Waals surface area contributed by atoms with Crippen LogP contribution in [-0.2, 0) is 23.9 Å². The van der Waals surface area contributed by atoms with Gasteiger partial charge in [0.1, 0.15) is 12.3 Å². The number of primary amides is 1. The van der Waals surface area contributed by atoms with Gasteiger partial charge in [0, 0.05) is 26.1 Å². The van der Waals surface area contributed by atoms with Gasteiger partial charge >= 0.3 is 0 Å². The van der Waals surface area contributed by atoms with Crippen LogP contribution in [0.15, 0.2) is 18.2 Å². The lowest BCUT2D eigenvalue weighted by atomic mass is 10.1. The summed E-state index contributed by atoms with van der Waals surface area (Å²) in [6, 6.07) is 3.32. The number of ether oxygens (including phenoxy) is 2. The summed E-state index contributed by atoms with van der Waals surface area (Å²) in [6.45, 7) is 4.73. The predicted molar refractivity (Wildman–Crippen MR) is 143 cm³/mol. The lowest BCUT2D eigenvalue weighted by Crippen LogP contribution is -2.47. The highest BCUT2D eigenvalue weighted by molar-refractivity contribution is 6.25. The maximum Gasteiger partial charge on any atom is 0.264 e. The molecule has 1 aromatic carbocycles. The zero-order valence-corrected chi connectivity index (χ0v) is 22.4. The second-order valence-electron chi connectivity index (χ2n) is 9.37. The number of benzene rings is 1. The summed E-state index contributed by atoms with van der Waals surface area (Å²) in [7, 11) is 0. The lowest BCUT2D eigenvalue weighted by molar-refractivity contribution is -0.122. The van der Waals surface area contributed by atoms with Crippen LogP contribution >= 0.6 is 0 Å². The van der Waals surface area contributed by atoms with Crippen molar-refractivity contribution in [1.82, 2.24) is 4.90 Å². The Hall–Kier alpha value is -3.11. The Kier molecular flexibility index (Phi) is 14.3. The first kappa shape index (κ1) is 31.1. The zero-order chi connectivity index (χ0) is 27.8. The van der Waals surface area contributed by atoms with E-state index in [0.29, 0.717) is 32.5 Å². The van der Waals surface area contributed by atoms with Crippen LogP contribution < -0.4 is 11.1 Å². The predicted octanol–water partition coefficient (Wildman–Crippen LogP) is 3.62. The van der Waals surface area contributed by atoms with Crippen LogP contribution in [0.1, 0.15) is 98.3 Å². The fourth-order valence-corrected chi connectivity index (χ4v) is 4.32. The van der Waals surface area contributed by atoms with Crippen molar-refractivity contribution >= 4 is 35.6 Å². The molecule has 4 amide bonds. The molecule has 0 aliphatic carbocycles. The minimum atomic E-state index is -1.24. The Balaban J connectivity index is 1.71. The molecule has 0 spiro atoms. The molecule has 210 valence electrons. The summed E-state index contributed by atoms with van der Waals surface area (Å²) in [6.07, 6.45) is 9.12. The SMILES string of the molecule is CCCCCCCOCCOCCCCCC(=O)Nc1cccc2c1C(=O)N(C(CCC=O)C(N)=O)C2=O. The standard InChI is InChI=1S/C28H41N3O7/c1-2-3-4-5-8-17-37-19-20-38-18-9-6-7-15-24(33)30-22-13-10-12-21-25(22)28(36)31(27(21)35)23(26(29)34)14-11-16-32/h10,12-13,16,23H,2-9,11,14-15,17-20H2,1H3,(H2,29,34)(H,30,33). The van der Waals surface area contributed by atoms with Crippen LogP contribution in [0.25, 0.3) is 0 Å². The highest BCUT2D eigenvalue weighted by Gasteiger charge is 2.43. The Labute approximate surface area is 224 Å². The highest BCUT2D eigenvalue weighted by Crippen LogP contribution is 2.31. The van der Waals surface area contributed by atoms with Gasteiger partial charge in [-0.25, -0.2) is 0 Å². The average molecular weight is 532 g/mol. The molecule has 10 nitrogen and oxygen atoms in total. The fraction of sp³-hybridized carbons (Fsp3) is 0.607. The molecule has 2 rings (SSSR count). The number of anilines is 1. The number of nitrogens with one attached hydrogen (secondary N) is 1. The third-order valence-electron chi connectivity index (χ3n) is 6.38. The number of nitrogens with two attached hydrogens (primary N) is 1. The van der Waals surface area contributed by atoms with Crippen molar-refractivity contribution in [2.45, 2.75) is 83.6 Å². The van der Waals surface area contributed by atoms with Crippen molar-refractivity contribution in [2.75, 3.05) is 31.7 Å². The fourth-order valence-electron chi connectivity index (χ4n) is 4.32. The summed E-state index contributed by atoms with van der Waals surface area (Å²) in [4.78, 5) is 61.8. The van der Waals surface area contributed by atoms with Gasteiger partial charge < -0.3 is 25.3 Å². The van der Waals surface area contributed by atoms with Crippen LogP contribution in [0, 0.1) is 0 Å². The molecule has 1 aliphatic heterocycles. The molecule has 1 heterocycles. The van der Waals surface area contributed by atoms with Crippen molar-refractivity contribution in [3.63, 3.8) is 0 Å². The normalized spacial score (nSPS) is 13.4. The average Bonchev–Trinajstić information content (AvgIpc) is 3.15. The number of carbonyl (C=O) groups excluding carboxylic acids is 5. The van der Waals surface area contributed by atoms with Crippen molar-refractivity contribution < 1.29 is 33.4 Å². The van der Waals surface area contributed by atoms with Gasteiger partial charge in [0.15, 0.2) is 0 Å². The van der Waals surface area contributed by atoms with Crippen molar-refractivity contribution in [3.05, 3.63) is 29.3 Å². The minimum Gasteiger partial charge on any atom is -0.379 e. The summed E-state index contributed by atoms with van der Waals surface area (Å²) in [5.41, 5.74) is 5.72. The number of aldehydes is 1. The topological polar surface area (TPSA) is 145 Å². The summed E-state index contributed by atoms with van der Waals surface area (Å²) in [5.74, 6) is -2.54. The number of fused-ring (bicyclic) bond motifs is 1. The second-order valence-corrected chi connectivity index (χ2v) is 9.37. The van der Waals surface area contributed by atoms with Gasteiger partial charge in [-0.15, -0.1) is 0 Å². The first-order chi connectivity index (χ1) is 18.4. The number of nitrogens with zero attached hydrogens (tertiary/aromatic N) is 1. The first-order valence-electron chi connectivity index (χ1n) is 13.6. The van der Waals surface area contributed by atoms with E-state index < -0.39 is 23.8 Å². The lowest BCUT2D eigenvalue weighted by Gasteiger charge is -2.22. The molecule has 0 fully saturated rings. The minimum absolute atomic E-state index is 0.0252. The van der Waals surface area contributed by atoms with Crippen molar-refractivity contribution in [2.24, 2.45) is 5.73 Å². The molecule has 1 aromatic rings. The van der Waals surface area contributed by atoms with E-state index in [1.54, 1.807) is 6.07 Å². The van der Waals surface area contributed by atoms with Gasteiger partial charge in [-0.05, 0) is 37.8 Å². The maximum absolute atomic E-state index is 13.1. The van der Waals surface area contributed by atoms with E-state index in [1.807, 2.05) is 0 Å². The molecule has 0 saturated heterocycles. The van der Waals surface area contributed by atoms with Gasteiger partial charge in [0.25, 0.3) is 11.8 Å². The molecule has 0 radical (unpaired) electrons. The molecule has 0 aromatic heterocycles. The molecule has 3 N–H and O–H groups in total. The Bertz CT molecular complexity index is 950. The molecule has 0 saturated carbocycles. The second kappa shape index (κ2) is 17.4. The Morgan fingerprint density at radius 2 is 1.61 bits per heavy atom. The molecule has 38 heavy (non-hydrogen) atoms. The summed E-state index contributed by atoms with van der Waals surface area (Å²) < 4.78 is 11.1. The summed E-state index contributed by atoms with van der Waals surface area (Å²) >= 11 is 0. The van der Waals surface area contributed by atoms with E-state index in [1.165, 1.54) is 37.8 Å². The van der Waals surface area contributed by atoms with E-state index in [-0.39, 0.29) is 42.0 Å². The molecular formula is C28H41N3O7. The first-order valence-corrected chi connectivity index (χ1v) is 13.6. The largest absolute Gasteiger partial charge is 0.379 e. The van der Waals surface area contributed by atoms with Crippen LogP contribution in [0.5, 0.6) is 0 Å². The van der Waals surface area contributed by atoms with Crippen LogP contribution in [0.3, 0.4) is 0 Å². The Morgan fingerprint density at radius 1 is 0.947 bits per heavy atom. The molecular weight excluding hydrogens is 490 g/mol. The van der Waals surface area contributed by atoms with E-state index in [2.05, 4.69) is 12.2 Å². The van der Waals surface area contributed by atoms with Crippen LogP contribution in [0.4, 0.5) is 5.69 Å². The smallest absolute Gasteiger partial charge is 0.264 e. The highest BCUT2D eigenvalue weighted by atomic mass is 16.5. The van der Waals surface area contributed by atoms with Gasteiger partial charge in [0.05, 0.1) is 30.0 Å². The summed E-state index contributed by atoms with van der Waals surface area (Å²) in [5, 5.41) is 2.71. The van der Waals surface area contributed by atoms with E-state index in [4.69, 9.17) is 15.2 Å². The number of amides is 4. The Morgan fingerprint density at radius 3 is 2.24 bits per heavy atom. The van der Waals surface area contributed by atoms with Crippen LogP contribution in [0.2, 0.25) is 0 Å². The molecule has 1 unspecified atom stereocenters. The molecule has 1 aliphatic rings. The number of carbonyl (C=O) groups is 5. The van der Waals surface area contributed by atoms with Gasteiger partial charge in [0.2, 0.25) is 11.8 Å². The third kappa shape index (κ3) is 9.64. The molecule has 10 heteroatoms. The number of rotatable bonds is 21. The monoisotopic (exact) mass is 531 g/mol. The van der Waals surface area contributed by atoms with E-state index >= 15 is 0 Å². The van der Waals surface area contributed by atoms with Gasteiger partial charge in [-0.3, -0.25) is 24.1 Å². The van der Waals surface area contributed by atoms with E-state index in [9.17, 15) is 24.0 Å². The number of unbranched alkanes of at least 4 members (excludes halogenated alkanes) is 6. The van der Waals surface area contributed by atoms with Crippen molar-refractivity contribution in [1.29, 1.82) is 0 Å². The molecule has 0 bridgehead atoms. The van der Waals surface area contributed by atoms with Crippen LogP contribution in [-0.4, -0.2) is 67.3 Å². The maximum atomic E-state index is 13.1. The molecule has 1 atom stereocenters. The van der Waals surface area contributed by atoms with Crippen molar-refractivity contribution in [3.8, 4) is 0 Å². The third-order valence-corrected chi connectivity index (χ3v) is 6.38. The van der Waals surface area contributed by atoms with E-state index in [0.717, 1.165) is 30.8 Å². The number of imide groups is 1. The zero-order valence-electron chi connectivity index (χ0n) is 22.4. The van der Waals surface area contributed by atoms with Gasteiger partial charge in [-0.1, -0.05) is 45.1 Å². The number of hydrogen-bond acceptors (Lipinski definition) is 7. The number of hydrogen-bond donors (Lipinski definition) is 2. The van der Waals surface area contributed by atoms with Gasteiger partial charge in [-0.2, -0.15) is 0 Å².